The van der Waals surface area contributed by atoms with Crippen molar-refractivity contribution in [3.63, 3.8) is 0 Å². The Kier molecular flexibility index (Phi) is 2.60. The summed E-state index contributed by atoms with van der Waals surface area (Å²) in [5.41, 5.74) is 1.78. The normalized spacial score (nSPS) is 25.1. The lowest BCUT2D eigenvalue weighted by molar-refractivity contribution is 0.332. The van der Waals surface area contributed by atoms with Crippen molar-refractivity contribution in [3.8, 4) is 0 Å². The molecule has 0 unspecified atom stereocenters. The molecule has 1 saturated heterocycles. The highest BCUT2D eigenvalue weighted by atomic mass is 15.0. The maximum Gasteiger partial charge on any atom is 0.0156 e. The molecule has 0 aliphatic carbocycles. The average molecular weight is 189 g/mol. The van der Waals surface area contributed by atoms with Crippen LogP contribution in [0.15, 0.2) is 30.3 Å². The summed E-state index contributed by atoms with van der Waals surface area (Å²) in [7, 11) is 0. The van der Waals surface area contributed by atoms with E-state index in [1.165, 1.54) is 24.9 Å². The van der Waals surface area contributed by atoms with E-state index in [0.717, 1.165) is 5.92 Å². The standard InChI is InChI=1S/C13H19N/c1-13(2)12(8-9-14-13)10-11-6-4-3-5-7-11/h3-7,12,14H,8-10H2,1-2H3/t12-/m1/s1. The number of hydrogen-bond acceptors (Lipinski definition) is 1. The van der Waals surface area contributed by atoms with Crippen LogP contribution in [0.5, 0.6) is 0 Å². The van der Waals surface area contributed by atoms with Gasteiger partial charge >= 0.3 is 0 Å². The summed E-state index contributed by atoms with van der Waals surface area (Å²) in [6, 6.07) is 10.8. The molecule has 0 saturated carbocycles. The molecule has 1 fully saturated rings. The van der Waals surface area contributed by atoms with Crippen LogP contribution in [0, 0.1) is 5.92 Å². The fourth-order valence-electron chi connectivity index (χ4n) is 2.33. The Morgan fingerprint density at radius 3 is 2.57 bits per heavy atom. The molecule has 0 bridgehead atoms. The highest BCUT2D eigenvalue weighted by Gasteiger charge is 2.33. The zero-order valence-corrected chi connectivity index (χ0v) is 9.09. The maximum absolute atomic E-state index is 3.57. The highest BCUT2D eigenvalue weighted by molar-refractivity contribution is 5.16. The lowest BCUT2D eigenvalue weighted by Gasteiger charge is -2.27. The summed E-state index contributed by atoms with van der Waals surface area (Å²) in [6.07, 6.45) is 2.52. The van der Waals surface area contributed by atoms with Crippen LogP contribution >= 0.6 is 0 Å². The average Bonchev–Trinajstić information content (AvgIpc) is 2.48. The van der Waals surface area contributed by atoms with Crippen molar-refractivity contribution in [3.05, 3.63) is 35.9 Å². The first-order chi connectivity index (χ1) is 6.68. The van der Waals surface area contributed by atoms with Gasteiger partial charge in [-0.1, -0.05) is 30.3 Å². The molecule has 0 amide bonds. The number of nitrogens with one attached hydrogen (secondary N) is 1. The second-order valence-corrected chi connectivity index (χ2v) is 4.82. The summed E-state index contributed by atoms with van der Waals surface area (Å²) >= 11 is 0. The molecular weight excluding hydrogens is 170 g/mol. The van der Waals surface area contributed by atoms with E-state index >= 15 is 0 Å². The van der Waals surface area contributed by atoms with Gasteiger partial charge in [-0.05, 0) is 44.7 Å². The van der Waals surface area contributed by atoms with Gasteiger partial charge in [-0.15, -0.1) is 0 Å². The van der Waals surface area contributed by atoms with Crippen LogP contribution in [-0.4, -0.2) is 12.1 Å². The third-order valence-corrected chi connectivity index (χ3v) is 3.42. The van der Waals surface area contributed by atoms with Gasteiger partial charge in [0.15, 0.2) is 0 Å². The third kappa shape index (κ3) is 1.98. The first kappa shape index (κ1) is 9.72. The molecule has 1 N–H and O–H groups in total. The van der Waals surface area contributed by atoms with E-state index in [1.54, 1.807) is 0 Å². The van der Waals surface area contributed by atoms with Crippen molar-refractivity contribution >= 4 is 0 Å². The second-order valence-electron chi connectivity index (χ2n) is 4.82. The molecule has 1 atom stereocenters. The fourth-order valence-corrected chi connectivity index (χ4v) is 2.33. The van der Waals surface area contributed by atoms with E-state index < -0.39 is 0 Å². The Morgan fingerprint density at radius 1 is 1.29 bits per heavy atom. The largest absolute Gasteiger partial charge is 0.311 e. The molecule has 1 heterocycles. The Balaban J connectivity index is 2.05. The molecule has 2 rings (SSSR count). The van der Waals surface area contributed by atoms with Gasteiger partial charge in [-0.25, -0.2) is 0 Å². The molecule has 76 valence electrons. The van der Waals surface area contributed by atoms with E-state index in [4.69, 9.17) is 0 Å². The Hall–Kier alpha value is -0.820. The van der Waals surface area contributed by atoms with Crippen LogP contribution in [0.4, 0.5) is 0 Å². The van der Waals surface area contributed by atoms with E-state index in [1.807, 2.05) is 0 Å². The molecular formula is C13H19N. The summed E-state index contributed by atoms with van der Waals surface area (Å²) in [5, 5.41) is 3.57. The summed E-state index contributed by atoms with van der Waals surface area (Å²) in [4.78, 5) is 0. The summed E-state index contributed by atoms with van der Waals surface area (Å²) in [5.74, 6) is 0.782. The molecule has 1 heteroatoms. The van der Waals surface area contributed by atoms with Crippen LogP contribution in [0.25, 0.3) is 0 Å². The molecule has 0 radical (unpaired) electrons. The summed E-state index contributed by atoms with van der Waals surface area (Å²) in [6.45, 7) is 5.80. The molecule has 1 aliphatic heterocycles. The van der Waals surface area contributed by atoms with Crippen LogP contribution in [0.3, 0.4) is 0 Å². The minimum atomic E-state index is 0.315. The predicted octanol–water partition coefficient (Wildman–Crippen LogP) is 2.62. The minimum absolute atomic E-state index is 0.315. The molecule has 0 aromatic heterocycles. The van der Waals surface area contributed by atoms with Gasteiger partial charge in [-0.2, -0.15) is 0 Å². The van der Waals surface area contributed by atoms with E-state index in [-0.39, 0.29) is 0 Å². The van der Waals surface area contributed by atoms with E-state index in [9.17, 15) is 0 Å². The van der Waals surface area contributed by atoms with Gasteiger partial charge in [0.05, 0.1) is 0 Å². The van der Waals surface area contributed by atoms with Crippen LogP contribution < -0.4 is 5.32 Å². The fraction of sp³-hybridized carbons (Fsp3) is 0.538. The van der Waals surface area contributed by atoms with Crippen molar-refractivity contribution in [2.75, 3.05) is 6.54 Å². The first-order valence-electron chi connectivity index (χ1n) is 5.47. The van der Waals surface area contributed by atoms with Gasteiger partial charge in [0.2, 0.25) is 0 Å². The molecule has 1 aromatic rings. The lowest BCUT2D eigenvalue weighted by Crippen LogP contribution is -2.38. The number of hydrogen-bond donors (Lipinski definition) is 1. The van der Waals surface area contributed by atoms with Crippen molar-refractivity contribution in [2.45, 2.75) is 32.2 Å². The van der Waals surface area contributed by atoms with Gasteiger partial charge < -0.3 is 5.32 Å². The lowest BCUT2D eigenvalue weighted by atomic mass is 9.84. The van der Waals surface area contributed by atoms with Crippen LogP contribution in [-0.2, 0) is 6.42 Å². The van der Waals surface area contributed by atoms with E-state index in [0.29, 0.717) is 5.54 Å². The molecule has 1 nitrogen and oxygen atoms in total. The van der Waals surface area contributed by atoms with Crippen molar-refractivity contribution in [2.24, 2.45) is 5.92 Å². The Bertz CT molecular complexity index is 289. The first-order valence-corrected chi connectivity index (χ1v) is 5.47. The maximum atomic E-state index is 3.57. The molecule has 1 aromatic carbocycles. The van der Waals surface area contributed by atoms with Crippen LogP contribution in [0.1, 0.15) is 25.8 Å². The van der Waals surface area contributed by atoms with Crippen LogP contribution in [0.2, 0.25) is 0 Å². The number of rotatable bonds is 2. The molecule has 14 heavy (non-hydrogen) atoms. The van der Waals surface area contributed by atoms with Gasteiger partial charge in [0.25, 0.3) is 0 Å². The SMILES string of the molecule is CC1(C)NCC[C@@H]1Cc1ccccc1. The van der Waals surface area contributed by atoms with Gasteiger partial charge in [-0.3, -0.25) is 0 Å². The van der Waals surface area contributed by atoms with Crippen molar-refractivity contribution in [1.29, 1.82) is 0 Å². The van der Waals surface area contributed by atoms with Crippen molar-refractivity contribution in [1.82, 2.24) is 5.32 Å². The van der Waals surface area contributed by atoms with Crippen molar-refractivity contribution < 1.29 is 0 Å². The highest BCUT2D eigenvalue weighted by Crippen LogP contribution is 2.28. The van der Waals surface area contributed by atoms with E-state index in [2.05, 4.69) is 49.5 Å². The van der Waals surface area contributed by atoms with Gasteiger partial charge in [0.1, 0.15) is 0 Å². The molecule has 1 aliphatic rings. The monoisotopic (exact) mass is 189 g/mol. The minimum Gasteiger partial charge on any atom is -0.311 e. The zero-order chi connectivity index (χ0) is 10.0. The summed E-state index contributed by atoms with van der Waals surface area (Å²) < 4.78 is 0. The smallest absolute Gasteiger partial charge is 0.0156 e. The predicted molar refractivity (Wildman–Crippen MR) is 60.3 cm³/mol. The van der Waals surface area contributed by atoms with Gasteiger partial charge in [0, 0.05) is 5.54 Å². The quantitative estimate of drug-likeness (QED) is 0.754. The topological polar surface area (TPSA) is 12.0 Å². The zero-order valence-electron chi connectivity index (χ0n) is 9.09. The molecule has 0 spiro atoms. The number of benzene rings is 1. The third-order valence-electron chi connectivity index (χ3n) is 3.42. The second kappa shape index (κ2) is 3.74. The Labute approximate surface area is 86.5 Å². The Morgan fingerprint density at radius 2 is 2.00 bits per heavy atom.